The standard InChI is InChI=1S/C8H30O9Si8/c1-18-9-20(3)13-24(7,14-21(4)10-18)17-25(8)15-22(5)11-19(2)12-23(6)16-25/h18-23H,1-8H3. The Balaban J connectivity index is 2.14. The molecule has 2 aliphatic heterocycles. The Morgan fingerprint density at radius 1 is 0.480 bits per heavy atom. The highest BCUT2D eigenvalue weighted by atomic mass is 28.5. The molecule has 2 heterocycles. The fraction of sp³-hybridized carbons (Fsp3) is 1.00. The maximum absolute atomic E-state index is 6.37. The molecule has 17 heteroatoms. The van der Waals surface area contributed by atoms with E-state index in [9.17, 15) is 0 Å². The maximum atomic E-state index is 6.37. The fourth-order valence-corrected chi connectivity index (χ4v) is 32.4. The summed E-state index contributed by atoms with van der Waals surface area (Å²) in [6.07, 6.45) is 0. The molecular formula is C8H30O9Si8. The van der Waals surface area contributed by atoms with Crippen molar-refractivity contribution in [3.05, 3.63) is 0 Å². The van der Waals surface area contributed by atoms with Gasteiger partial charge in [-0.2, -0.15) is 0 Å². The minimum Gasteiger partial charge on any atom is -0.420 e. The topological polar surface area (TPSA) is 83.1 Å². The van der Waals surface area contributed by atoms with Crippen molar-refractivity contribution in [2.75, 3.05) is 0 Å². The van der Waals surface area contributed by atoms with E-state index in [2.05, 4.69) is 0 Å². The summed E-state index contributed by atoms with van der Waals surface area (Å²) < 4.78 is 54.8. The number of rotatable bonds is 2. The second-order valence-corrected chi connectivity index (χ2v) is 25.5. The predicted octanol–water partition coefficient (Wildman–Crippen LogP) is -0.598. The molecule has 2 fully saturated rings. The molecule has 2 saturated heterocycles. The Morgan fingerprint density at radius 3 is 0.960 bits per heavy atom. The van der Waals surface area contributed by atoms with Crippen molar-refractivity contribution in [1.82, 2.24) is 0 Å². The van der Waals surface area contributed by atoms with E-state index in [0.717, 1.165) is 0 Å². The Labute approximate surface area is 162 Å². The summed E-state index contributed by atoms with van der Waals surface area (Å²) in [4.78, 5) is 0. The van der Waals surface area contributed by atoms with Crippen LogP contribution >= 0.6 is 0 Å². The Kier molecular flexibility index (Phi) is 8.38. The van der Waals surface area contributed by atoms with Gasteiger partial charge in [-0.1, -0.05) is 0 Å². The lowest BCUT2D eigenvalue weighted by molar-refractivity contribution is 0.150. The minimum atomic E-state index is -3.00. The van der Waals surface area contributed by atoms with E-state index in [1.165, 1.54) is 0 Å². The Hall–Kier alpha value is 1.38. The second kappa shape index (κ2) is 9.25. The smallest absolute Gasteiger partial charge is 0.420 e. The first-order valence-corrected chi connectivity index (χ1v) is 25.6. The zero-order valence-electron chi connectivity index (χ0n) is 16.1. The van der Waals surface area contributed by atoms with Gasteiger partial charge < -0.3 is 37.0 Å². The van der Waals surface area contributed by atoms with Crippen molar-refractivity contribution in [3.8, 4) is 0 Å². The van der Waals surface area contributed by atoms with Crippen LogP contribution in [0.25, 0.3) is 0 Å². The normalized spacial score (nSPS) is 50.4. The van der Waals surface area contributed by atoms with Gasteiger partial charge in [-0.05, 0) is 39.3 Å². The van der Waals surface area contributed by atoms with Gasteiger partial charge in [-0.15, -0.1) is 0 Å². The third-order valence-corrected chi connectivity index (χ3v) is 30.8. The molecule has 0 spiro atoms. The van der Waals surface area contributed by atoms with Crippen LogP contribution in [-0.4, -0.2) is 73.3 Å². The van der Waals surface area contributed by atoms with Gasteiger partial charge >= 0.3 is 54.7 Å². The van der Waals surface area contributed by atoms with Crippen LogP contribution in [0.5, 0.6) is 0 Å². The lowest BCUT2D eigenvalue weighted by Gasteiger charge is -2.42. The molecule has 148 valence electrons. The molecular weight excluding hydrogens is 465 g/mol. The first-order chi connectivity index (χ1) is 11.5. The van der Waals surface area contributed by atoms with Crippen LogP contribution < -0.4 is 0 Å². The molecule has 0 N–H and O–H groups in total. The van der Waals surface area contributed by atoms with Crippen molar-refractivity contribution in [2.45, 2.75) is 52.4 Å². The molecule has 4 unspecified atom stereocenters. The molecule has 0 aromatic heterocycles. The minimum absolute atomic E-state index is 1.68. The summed E-state index contributed by atoms with van der Waals surface area (Å²) in [6, 6.07) is 0. The van der Waals surface area contributed by atoms with E-state index in [4.69, 9.17) is 37.0 Å². The average Bonchev–Trinajstić information content (AvgIpc) is 2.31. The predicted molar refractivity (Wildman–Crippen MR) is 111 cm³/mol. The SMILES string of the molecule is C[SiH]1O[SiH](C)O[Si](C)(O[Si]2(C)O[SiH](C)O[SiH](C)O[SiH](C)O2)O[SiH](C)O1. The van der Waals surface area contributed by atoms with Gasteiger partial charge in [0.1, 0.15) is 0 Å². The summed E-state index contributed by atoms with van der Waals surface area (Å²) in [7, 11) is -16.9. The van der Waals surface area contributed by atoms with E-state index in [-0.39, 0.29) is 0 Å². The molecule has 0 saturated carbocycles. The highest BCUT2D eigenvalue weighted by Gasteiger charge is 2.52. The van der Waals surface area contributed by atoms with E-state index in [1.807, 2.05) is 52.4 Å². The fourth-order valence-electron chi connectivity index (χ4n) is 2.95. The van der Waals surface area contributed by atoms with Gasteiger partial charge in [0, 0.05) is 13.1 Å². The summed E-state index contributed by atoms with van der Waals surface area (Å²) in [5.74, 6) is 0. The van der Waals surface area contributed by atoms with E-state index < -0.39 is 73.3 Å². The lowest BCUT2D eigenvalue weighted by atomic mass is 11.9. The molecule has 4 atom stereocenters. The molecule has 2 rings (SSSR count). The zero-order chi connectivity index (χ0) is 18.8. The molecule has 2 aliphatic rings. The molecule has 9 nitrogen and oxygen atoms in total. The van der Waals surface area contributed by atoms with Gasteiger partial charge in [0.2, 0.25) is 0 Å². The third kappa shape index (κ3) is 7.37. The third-order valence-electron chi connectivity index (χ3n) is 3.42. The van der Waals surface area contributed by atoms with Crippen LogP contribution in [0, 0.1) is 0 Å². The van der Waals surface area contributed by atoms with E-state index >= 15 is 0 Å². The maximum Gasteiger partial charge on any atom is 0.472 e. The molecule has 0 bridgehead atoms. The van der Waals surface area contributed by atoms with E-state index in [0.29, 0.717) is 0 Å². The van der Waals surface area contributed by atoms with Crippen molar-refractivity contribution >= 4 is 73.3 Å². The first-order valence-electron chi connectivity index (χ1n) is 8.52. The summed E-state index contributed by atoms with van der Waals surface area (Å²) >= 11 is 0. The quantitative estimate of drug-likeness (QED) is 0.467. The molecule has 0 aliphatic carbocycles. The van der Waals surface area contributed by atoms with Gasteiger partial charge in [0.05, 0.1) is 0 Å². The largest absolute Gasteiger partial charge is 0.472 e. The van der Waals surface area contributed by atoms with Gasteiger partial charge in [0.25, 0.3) is 18.6 Å². The van der Waals surface area contributed by atoms with Crippen LogP contribution in [0.2, 0.25) is 52.4 Å². The summed E-state index contributed by atoms with van der Waals surface area (Å²) in [5.41, 5.74) is 0. The van der Waals surface area contributed by atoms with Crippen molar-refractivity contribution in [3.63, 3.8) is 0 Å². The highest BCUT2D eigenvalue weighted by Crippen LogP contribution is 2.26. The van der Waals surface area contributed by atoms with Gasteiger partial charge in [-0.3, -0.25) is 0 Å². The van der Waals surface area contributed by atoms with Crippen LogP contribution in [0.15, 0.2) is 0 Å². The van der Waals surface area contributed by atoms with Crippen molar-refractivity contribution in [1.29, 1.82) is 0 Å². The number of hydrogen-bond donors (Lipinski definition) is 0. The molecule has 0 aromatic rings. The molecule has 0 aromatic carbocycles. The Bertz CT molecular complexity index is 382. The highest BCUT2D eigenvalue weighted by molar-refractivity contribution is 6.86. The second-order valence-electron chi connectivity index (χ2n) is 6.25. The monoisotopic (exact) mass is 494 g/mol. The number of hydrogen-bond acceptors (Lipinski definition) is 9. The van der Waals surface area contributed by atoms with Gasteiger partial charge in [-0.25, -0.2) is 0 Å². The van der Waals surface area contributed by atoms with Crippen LogP contribution in [0.4, 0.5) is 0 Å². The summed E-state index contributed by atoms with van der Waals surface area (Å²) in [5, 5.41) is 0. The van der Waals surface area contributed by atoms with E-state index in [1.54, 1.807) is 0 Å². The molecule has 0 amide bonds. The van der Waals surface area contributed by atoms with Crippen LogP contribution in [0.3, 0.4) is 0 Å². The zero-order valence-corrected chi connectivity index (χ0v) is 25.1. The van der Waals surface area contributed by atoms with Crippen LogP contribution in [0.1, 0.15) is 0 Å². The molecule has 0 radical (unpaired) electrons. The average molecular weight is 495 g/mol. The van der Waals surface area contributed by atoms with Crippen LogP contribution in [-0.2, 0) is 37.0 Å². The Morgan fingerprint density at radius 2 is 0.720 bits per heavy atom. The summed E-state index contributed by atoms with van der Waals surface area (Å²) in [6.45, 7) is 15.7. The first kappa shape index (κ1) is 22.7. The molecule has 25 heavy (non-hydrogen) atoms. The van der Waals surface area contributed by atoms with Crippen molar-refractivity contribution < 1.29 is 37.0 Å². The van der Waals surface area contributed by atoms with Gasteiger partial charge in [0.15, 0.2) is 0 Å². The lowest BCUT2D eigenvalue weighted by Crippen LogP contribution is -2.64. The van der Waals surface area contributed by atoms with Crippen molar-refractivity contribution in [2.24, 2.45) is 0 Å².